The van der Waals surface area contributed by atoms with Crippen LogP contribution in [0.5, 0.6) is 17.2 Å². The third-order valence-electron chi connectivity index (χ3n) is 5.01. The minimum atomic E-state index is -0.900. The summed E-state index contributed by atoms with van der Waals surface area (Å²) in [4.78, 5) is 27.0. The first kappa shape index (κ1) is 22.2. The second-order valence-corrected chi connectivity index (χ2v) is 6.88. The van der Waals surface area contributed by atoms with E-state index in [-0.39, 0.29) is 36.0 Å². The number of carbonyl (C=O) groups excluding carboxylic acids is 2. The van der Waals surface area contributed by atoms with Gasteiger partial charge in [0.1, 0.15) is 11.5 Å². The maximum absolute atomic E-state index is 12.9. The molecule has 31 heavy (non-hydrogen) atoms. The Hall–Kier alpha value is -3.52. The first-order chi connectivity index (χ1) is 14.9. The summed E-state index contributed by atoms with van der Waals surface area (Å²) in [7, 11) is 2.91. The summed E-state index contributed by atoms with van der Waals surface area (Å²) in [5.41, 5.74) is 0.730. The van der Waals surface area contributed by atoms with Gasteiger partial charge in [-0.25, -0.2) is 0 Å². The van der Waals surface area contributed by atoms with Crippen molar-refractivity contribution in [3.05, 3.63) is 59.2 Å². The molecule has 1 unspecified atom stereocenters. The molecule has 8 heteroatoms. The average Bonchev–Trinajstić information content (AvgIpc) is 3.02. The molecule has 1 amide bonds. The minimum absolute atomic E-state index is 0.0701. The molecule has 0 radical (unpaired) electrons. The molecule has 164 valence electrons. The number of aliphatic hydroxyl groups is 1. The van der Waals surface area contributed by atoms with E-state index in [2.05, 4.69) is 0 Å². The molecule has 0 aliphatic carbocycles. The average molecular weight is 427 g/mol. The van der Waals surface area contributed by atoms with Crippen LogP contribution >= 0.6 is 0 Å². The van der Waals surface area contributed by atoms with E-state index in [4.69, 9.17) is 14.2 Å². The van der Waals surface area contributed by atoms with Crippen LogP contribution < -0.4 is 9.47 Å². The lowest BCUT2D eigenvalue weighted by Crippen LogP contribution is -2.32. The van der Waals surface area contributed by atoms with E-state index in [1.165, 1.54) is 31.3 Å². The third kappa shape index (κ3) is 4.34. The van der Waals surface area contributed by atoms with E-state index < -0.39 is 17.7 Å². The van der Waals surface area contributed by atoms with Crippen LogP contribution in [0.1, 0.15) is 24.1 Å². The number of carbonyl (C=O) groups is 2. The Labute approximate surface area is 180 Å². The number of Topliss-reactive ketones (excluding diaryl/α,β-unsaturated/α-hetero) is 1. The van der Waals surface area contributed by atoms with Crippen LogP contribution in [-0.2, 0) is 14.3 Å². The van der Waals surface area contributed by atoms with Gasteiger partial charge in [0.05, 0.1) is 31.9 Å². The lowest BCUT2D eigenvalue weighted by atomic mass is 9.95. The Morgan fingerprint density at radius 1 is 1.13 bits per heavy atom. The molecule has 2 N–H and O–H groups in total. The van der Waals surface area contributed by atoms with Gasteiger partial charge in [-0.3, -0.25) is 9.59 Å². The SMILES string of the molecule is CCOc1cccc(/C(O)=C2/C(=O)C(=O)N(CCOC)C2c2ccc(OC)c(O)c2)c1. The summed E-state index contributed by atoms with van der Waals surface area (Å²) < 4.78 is 15.6. The summed E-state index contributed by atoms with van der Waals surface area (Å²) in [6, 6.07) is 10.3. The highest BCUT2D eigenvalue weighted by atomic mass is 16.5. The normalized spacial score (nSPS) is 17.8. The third-order valence-corrected chi connectivity index (χ3v) is 5.01. The fraction of sp³-hybridized carbons (Fsp3) is 0.304. The van der Waals surface area contributed by atoms with E-state index in [0.717, 1.165) is 0 Å². The van der Waals surface area contributed by atoms with Gasteiger partial charge >= 0.3 is 0 Å². The second kappa shape index (κ2) is 9.53. The maximum atomic E-state index is 12.9. The Morgan fingerprint density at radius 2 is 1.90 bits per heavy atom. The zero-order chi connectivity index (χ0) is 22.5. The van der Waals surface area contributed by atoms with Gasteiger partial charge in [0, 0.05) is 19.2 Å². The van der Waals surface area contributed by atoms with Gasteiger partial charge < -0.3 is 29.3 Å². The Morgan fingerprint density at radius 3 is 2.55 bits per heavy atom. The summed E-state index contributed by atoms with van der Waals surface area (Å²) in [6.07, 6.45) is 0. The summed E-state index contributed by atoms with van der Waals surface area (Å²) >= 11 is 0. The molecule has 2 aromatic carbocycles. The molecule has 2 aromatic rings. The molecule has 3 rings (SSSR count). The first-order valence-electron chi connectivity index (χ1n) is 9.80. The van der Waals surface area contributed by atoms with E-state index in [1.807, 2.05) is 6.92 Å². The van der Waals surface area contributed by atoms with E-state index in [1.54, 1.807) is 30.3 Å². The first-order valence-corrected chi connectivity index (χ1v) is 9.80. The van der Waals surface area contributed by atoms with Crippen LogP contribution in [0, 0.1) is 0 Å². The molecule has 0 aromatic heterocycles. The highest BCUT2D eigenvalue weighted by molar-refractivity contribution is 6.46. The van der Waals surface area contributed by atoms with Gasteiger partial charge in [0.15, 0.2) is 11.5 Å². The molecule has 1 saturated heterocycles. The van der Waals surface area contributed by atoms with Crippen LogP contribution in [0.25, 0.3) is 5.76 Å². The Balaban J connectivity index is 2.16. The van der Waals surface area contributed by atoms with Crippen molar-refractivity contribution in [1.82, 2.24) is 4.90 Å². The van der Waals surface area contributed by atoms with Gasteiger partial charge in [-0.15, -0.1) is 0 Å². The van der Waals surface area contributed by atoms with Gasteiger partial charge in [-0.2, -0.15) is 0 Å². The molecule has 8 nitrogen and oxygen atoms in total. The quantitative estimate of drug-likeness (QED) is 0.379. The summed E-state index contributed by atoms with van der Waals surface area (Å²) in [5, 5.41) is 21.3. The molecule has 1 heterocycles. The van der Waals surface area contributed by atoms with Crippen molar-refractivity contribution in [1.29, 1.82) is 0 Å². The van der Waals surface area contributed by atoms with Crippen molar-refractivity contribution in [2.75, 3.05) is 34.0 Å². The van der Waals surface area contributed by atoms with E-state index >= 15 is 0 Å². The predicted octanol–water partition coefficient (Wildman–Crippen LogP) is 2.87. The topological polar surface area (TPSA) is 106 Å². The number of amides is 1. The van der Waals surface area contributed by atoms with Gasteiger partial charge in [-0.1, -0.05) is 18.2 Å². The summed E-state index contributed by atoms with van der Waals surface area (Å²) in [6.45, 7) is 2.61. The van der Waals surface area contributed by atoms with Gasteiger partial charge in [-0.05, 0) is 36.8 Å². The van der Waals surface area contributed by atoms with Crippen molar-refractivity contribution in [2.45, 2.75) is 13.0 Å². The predicted molar refractivity (Wildman–Crippen MR) is 113 cm³/mol. The molecular weight excluding hydrogens is 402 g/mol. The fourth-order valence-corrected chi connectivity index (χ4v) is 3.58. The number of aliphatic hydroxyl groups excluding tert-OH is 1. The van der Waals surface area contributed by atoms with Crippen LogP contribution in [0.2, 0.25) is 0 Å². The van der Waals surface area contributed by atoms with Gasteiger partial charge in [0.2, 0.25) is 0 Å². The van der Waals surface area contributed by atoms with Crippen LogP contribution in [0.3, 0.4) is 0 Å². The molecule has 1 atom stereocenters. The summed E-state index contributed by atoms with van der Waals surface area (Å²) in [5.74, 6) is -1.24. The number of ether oxygens (including phenoxy) is 3. The Kier molecular flexibility index (Phi) is 6.81. The number of rotatable bonds is 8. The number of phenolic OH excluding ortho intramolecular Hbond substituents is 1. The molecule has 1 fully saturated rings. The number of phenols is 1. The number of nitrogens with zero attached hydrogens (tertiary/aromatic N) is 1. The number of benzene rings is 2. The van der Waals surface area contributed by atoms with Crippen molar-refractivity contribution in [3.8, 4) is 17.2 Å². The highest BCUT2D eigenvalue weighted by Gasteiger charge is 2.46. The number of hydrogen-bond acceptors (Lipinski definition) is 7. The molecule has 0 spiro atoms. The zero-order valence-corrected chi connectivity index (χ0v) is 17.6. The van der Waals surface area contributed by atoms with Crippen molar-refractivity contribution >= 4 is 17.4 Å². The van der Waals surface area contributed by atoms with Crippen molar-refractivity contribution < 1.29 is 34.0 Å². The number of likely N-dealkylation sites (tertiary alicyclic amines) is 1. The number of ketones is 1. The van der Waals surface area contributed by atoms with Crippen molar-refractivity contribution in [3.63, 3.8) is 0 Å². The minimum Gasteiger partial charge on any atom is -0.507 e. The Bertz CT molecular complexity index is 1010. The standard InChI is InChI=1S/C23H25NO7/c1-4-31-16-7-5-6-15(12-16)21(26)19-20(14-8-9-18(30-3)17(25)13-14)24(10-11-29-2)23(28)22(19)27/h5-9,12-13,20,25-26H,4,10-11H2,1-3H3/b21-19-. The smallest absolute Gasteiger partial charge is 0.295 e. The lowest BCUT2D eigenvalue weighted by Gasteiger charge is -2.25. The number of hydrogen-bond donors (Lipinski definition) is 2. The number of aromatic hydroxyl groups is 1. The molecule has 0 bridgehead atoms. The maximum Gasteiger partial charge on any atom is 0.295 e. The van der Waals surface area contributed by atoms with Crippen LogP contribution in [-0.4, -0.2) is 60.8 Å². The van der Waals surface area contributed by atoms with E-state index in [0.29, 0.717) is 23.5 Å². The molecular formula is C23H25NO7. The van der Waals surface area contributed by atoms with Crippen LogP contribution in [0.15, 0.2) is 48.0 Å². The highest BCUT2D eigenvalue weighted by Crippen LogP contribution is 2.41. The van der Waals surface area contributed by atoms with Gasteiger partial charge in [0.25, 0.3) is 11.7 Å². The number of methoxy groups -OCH3 is 2. The largest absolute Gasteiger partial charge is 0.507 e. The molecule has 1 aliphatic rings. The van der Waals surface area contributed by atoms with E-state index in [9.17, 15) is 19.8 Å². The fourth-order valence-electron chi connectivity index (χ4n) is 3.58. The monoisotopic (exact) mass is 427 g/mol. The zero-order valence-electron chi connectivity index (χ0n) is 17.6. The lowest BCUT2D eigenvalue weighted by molar-refractivity contribution is -0.140. The second-order valence-electron chi connectivity index (χ2n) is 6.88. The molecule has 0 saturated carbocycles. The molecule has 1 aliphatic heterocycles. The van der Waals surface area contributed by atoms with Crippen molar-refractivity contribution in [2.24, 2.45) is 0 Å². The van der Waals surface area contributed by atoms with Crippen LogP contribution in [0.4, 0.5) is 0 Å².